The largest absolute Gasteiger partial charge is 0.396 e. The monoisotopic (exact) mass is 360 g/mol. The fraction of sp³-hybridized carbons (Fsp3) is 0.300. The number of aliphatic hydroxyl groups excluding tert-OH is 1. The molecule has 3 heterocycles. The average molecular weight is 360 g/mol. The van der Waals surface area contributed by atoms with Crippen molar-refractivity contribution in [2.75, 3.05) is 6.61 Å². The van der Waals surface area contributed by atoms with Crippen LogP contribution in [0, 0.1) is 6.92 Å². The molecular weight excluding hydrogens is 340 g/mol. The van der Waals surface area contributed by atoms with Crippen LogP contribution in [0.5, 0.6) is 0 Å². The highest BCUT2D eigenvalue weighted by molar-refractivity contribution is 5.91. The van der Waals surface area contributed by atoms with Gasteiger partial charge in [-0.05, 0) is 55.4 Å². The molecule has 2 N–H and O–H groups in total. The van der Waals surface area contributed by atoms with Crippen LogP contribution < -0.4 is 0 Å². The van der Waals surface area contributed by atoms with Crippen LogP contribution in [-0.4, -0.2) is 41.7 Å². The molecule has 0 aliphatic heterocycles. The summed E-state index contributed by atoms with van der Waals surface area (Å²) in [5.74, 6) is 1.98. The first-order chi connectivity index (χ1) is 13.2. The third kappa shape index (κ3) is 2.90. The Morgan fingerprint density at radius 3 is 2.96 bits per heavy atom. The van der Waals surface area contributed by atoms with E-state index in [0.717, 1.165) is 33.5 Å². The van der Waals surface area contributed by atoms with Crippen LogP contribution in [-0.2, 0) is 6.42 Å². The minimum Gasteiger partial charge on any atom is -0.396 e. The van der Waals surface area contributed by atoms with E-state index in [1.54, 1.807) is 17.1 Å². The van der Waals surface area contributed by atoms with Gasteiger partial charge >= 0.3 is 0 Å². The first-order valence-electron chi connectivity index (χ1n) is 9.20. The number of rotatable bonds is 5. The zero-order chi connectivity index (χ0) is 18.4. The van der Waals surface area contributed by atoms with E-state index < -0.39 is 0 Å². The first kappa shape index (κ1) is 16.1. The van der Waals surface area contributed by atoms with Gasteiger partial charge in [0.05, 0.1) is 11.7 Å². The molecule has 0 radical (unpaired) electrons. The van der Waals surface area contributed by atoms with Crippen LogP contribution in [0.15, 0.2) is 36.8 Å². The van der Waals surface area contributed by atoms with E-state index in [1.165, 1.54) is 18.4 Å². The van der Waals surface area contributed by atoms with Crippen molar-refractivity contribution >= 4 is 10.9 Å². The number of aliphatic hydroxyl groups is 1. The zero-order valence-electron chi connectivity index (χ0n) is 15.1. The minimum atomic E-state index is 0.0995. The second-order valence-corrected chi connectivity index (χ2v) is 7.12. The maximum absolute atomic E-state index is 9.12. The molecule has 7 heteroatoms. The molecule has 136 valence electrons. The molecule has 0 atom stereocenters. The van der Waals surface area contributed by atoms with Crippen molar-refractivity contribution in [3.8, 4) is 17.3 Å². The summed E-state index contributed by atoms with van der Waals surface area (Å²) in [5.41, 5.74) is 5.01. The van der Waals surface area contributed by atoms with Crippen molar-refractivity contribution in [3.63, 3.8) is 0 Å². The van der Waals surface area contributed by atoms with Gasteiger partial charge in [-0.25, -0.2) is 14.6 Å². The van der Waals surface area contributed by atoms with E-state index in [1.807, 2.05) is 13.1 Å². The van der Waals surface area contributed by atoms with E-state index in [0.29, 0.717) is 18.2 Å². The topological polar surface area (TPSA) is 92.5 Å². The van der Waals surface area contributed by atoms with Gasteiger partial charge in [-0.15, -0.1) is 0 Å². The Labute approximate surface area is 156 Å². The molecule has 3 aromatic heterocycles. The third-order valence-corrected chi connectivity index (χ3v) is 5.05. The summed E-state index contributed by atoms with van der Waals surface area (Å²) in [6.45, 7) is 2.06. The van der Waals surface area contributed by atoms with Gasteiger partial charge in [-0.1, -0.05) is 6.07 Å². The molecule has 0 unspecified atom stereocenters. The molecule has 1 fully saturated rings. The summed E-state index contributed by atoms with van der Waals surface area (Å²) < 4.78 is 1.73. The SMILES string of the molecule is Cc1cnc(-c2n[nH]c3ccc(C4CC4)cc23)nc1-n1cc(CCO)cn1. The van der Waals surface area contributed by atoms with Crippen molar-refractivity contribution in [1.29, 1.82) is 0 Å². The quantitative estimate of drug-likeness (QED) is 0.571. The molecule has 5 rings (SSSR count). The number of nitrogens with one attached hydrogen (secondary N) is 1. The molecule has 0 saturated heterocycles. The summed E-state index contributed by atoms with van der Waals surface area (Å²) in [4.78, 5) is 9.26. The fourth-order valence-electron chi connectivity index (χ4n) is 3.39. The van der Waals surface area contributed by atoms with Crippen LogP contribution in [0.4, 0.5) is 0 Å². The Morgan fingerprint density at radius 2 is 2.15 bits per heavy atom. The van der Waals surface area contributed by atoms with Gasteiger partial charge in [0.1, 0.15) is 5.69 Å². The lowest BCUT2D eigenvalue weighted by Gasteiger charge is -2.06. The average Bonchev–Trinajstić information content (AvgIpc) is 3.29. The van der Waals surface area contributed by atoms with Gasteiger partial charge in [0.25, 0.3) is 0 Å². The summed E-state index contributed by atoms with van der Waals surface area (Å²) in [6.07, 6.45) is 8.55. The van der Waals surface area contributed by atoms with Crippen LogP contribution in [0.3, 0.4) is 0 Å². The molecule has 1 aliphatic carbocycles. The second-order valence-electron chi connectivity index (χ2n) is 7.12. The van der Waals surface area contributed by atoms with Crippen molar-refractivity contribution in [1.82, 2.24) is 29.9 Å². The fourth-order valence-corrected chi connectivity index (χ4v) is 3.39. The highest BCUT2D eigenvalue weighted by Crippen LogP contribution is 2.41. The Hall–Kier alpha value is -3.06. The highest BCUT2D eigenvalue weighted by Gasteiger charge is 2.24. The third-order valence-electron chi connectivity index (χ3n) is 5.05. The van der Waals surface area contributed by atoms with Crippen molar-refractivity contribution in [2.24, 2.45) is 0 Å². The highest BCUT2D eigenvalue weighted by atomic mass is 16.2. The lowest BCUT2D eigenvalue weighted by atomic mass is 10.1. The molecule has 1 aromatic carbocycles. The number of hydrogen-bond acceptors (Lipinski definition) is 5. The standard InChI is InChI=1S/C20H20N6O/c1-12-9-21-19(23-20(12)26-11-13(6-7-27)10-22-26)18-16-8-15(14-2-3-14)4-5-17(16)24-25-18/h4-5,8-11,14,27H,2-3,6-7H2,1H3,(H,24,25). The molecule has 27 heavy (non-hydrogen) atoms. The van der Waals surface area contributed by atoms with Crippen LogP contribution >= 0.6 is 0 Å². The predicted molar refractivity (Wildman–Crippen MR) is 102 cm³/mol. The Kier molecular flexibility index (Phi) is 3.75. The van der Waals surface area contributed by atoms with Gasteiger partial charge in [-0.2, -0.15) is 10.2 Å². The normalized spacial score (nSPS) is 14.1. The van der Waals surface area contributed by atoms with Gasteiger partial charge in [-0.3, -0.25) is 5.10 Å². The number of hydrogen-bond donors (Lipinski definition) is 2. The van der Waals surface area contributed by atoms with Gasteiger partial charge in [0.15, 0.2) is 11.6 Å². The molecule has 0 amide bonds. The van der Waals surface area contributed by atoms with Crippen molar-refractivity contribution in [3.05, 3.63) is 53.5 Å². The molecule has 1 aliphatic rings. The minimum absolute atomic E-state index is 0.0995. The number of benzene rings is 1. The maximum atomic E-state index is 9.12. The van der Waals surface area contributed by atoms with Crippen molar-refractivity contribution in [2.45, 2.75) is 32.1 Å². The van der Waals surface area contributed by atoms with Gasteiger partial charge in [0, 0.05) is 30.0 Å². The first-order valence-corrected chi connectivity index (χ1v) is 9.20. The molecule has 0 bridgehead atoms. The predicted octanol–water partition coefficient (Wildman–Crippen LogP) is 2.93. The Morgan fingerprint density at radius 1 is 1.26 bits per heavy atom. The van der Waals surface area contributed by atoms with Crippen molar-refractivity contribution < 1.29 is 5.11 Å². The smallest absolute Gasteiger partial charge is 0.182 e. The lowest BCUT2D eigenvalue weighted by molar-refractivity contribution is 0.299. The molecule has 0 spiro atoms. The number of H-pyrrole nitrogens is 1. The van der Waals surface area contributed by atoms with Crippen LogP contribution in [0.2, 0.25) is 0 Å². The maximum Gasteiger partial charge on any atom is 0.182 e. The molecule has 1 saturated carbocycles. The second kappa shape index (κ2) is 6.28. The van der Waals surface area contributed by atoms with Crippen LogP contribution in [0.1, 0.15) is 35.4 Å². The molecular formula is C20H20N6O. The number of fused-ring (bicyclic) bond motifs is 1. The van der Waals surface area contributed by atoms with E-state index in [9.17, 15) is 0 Å². The summed E-state index contributed by atoms with van der Waals surface area (Å²) >= 11 is 0. The van der Waals surface area contributed by atoms with Gasteiger partial charge in [0.2, 0.25) is 0 Å². The zero-order valence-corrected chi connectivity index (χ0v) is 15.1. The summed E-state index contributed by atoms with van der Waals surface area (Å²) in [5, 5.41) is 22.1. The van der Waals surface area contributed by atoms with E-state index >= 15 is 0 Å². The number of aromatic amines is 1. The Bertz CT molecular complexity index is 1120. The number of aryl methyl sites for hydroxylation is 1. The number of nitrogens with zero attached hydrogens (tertiary/aromatic N) is 5. The van der Waals surface area contributed by atoms with E-state index in [-0.39, 0.29) is 6.61 Å². The molecule has 7 nitrogen and oxygen atoms in total. The Balaban J connectivity index is 1.59. The van der Waals surface area contributed by atoms with E-state index in [4.69, 9.17) is 10.1 Å². The summed E-state index contributed by atoms with van der Waals surface area (Å²) in [7, 11) is 0. The van der Waals surface area contributed by atoms with E-state index in [2.05, 4.69) is 38.5 Å². The van der Waals surface area contributed by atoms with Crippen LogP contribution in [0.25, 0.3) is 28.2 Å². The van der Waals surface area contributed by atoms with Gasteiger partial charge < -0.3 is 5.11 Å². The number of aromatic nitrogens is 6. The lowest BCUT2D eigenvalue weighted by Crippen LogP contribution is -2.04. The molecule has 4 aromatic rings. The summed E-state index contributed by atoms with van der Waals surface area (Å²) in [6, 6.07) is 6.47.